The van der Waals surface area contributed by atoms with E-state index in [-0.39, 0.29) is 17.7 Å². The van der Waals surface area contributed by atoms with Crippen LogP contribution in [0.2, 0.25) is 0 Å². The predicted octanol–water partition coefficient (Wildman–Crippen LogP) is 1.89. The summed E-state index contributed by atoms with van der Waals surface area (Å²) in [5.41, 5.74) is 5.63. The Hall–Kier alpha value is -1.89. The second kappa shape index (κ2) is 6.55. The number of anilines is 2. The molecule has 0 unspecified atom stereocenters. The molecule has 5 N–H and O–H groups in total. The summed E-state index contributed by atoms with van der Waals surface area (Å²) in [6, 6.07) is 0.150. The summed E-state index contributed by atoms with van der Waals surface area (Å²) in [4.78, 5) is 20.4. The van der Waals surface area contributed by atoms with Crippen LogP contribution < -0.4 is 16.4 Å². The zero-order valence-electron chi connectivity index (χ0n) is 14.4. The van der Waals surface area contributed by atoms with Gasteiger partial charge >= 0.3 is 0 Å². The summed E-state index contributed by atoms with van der Waals surface area (Å²) in [7, 11) is 0. The third kappa shape index (κ3) is 3.95. The van der Waals surface area contributed by atoms with Crippen LogP contribution in [0.15, 0.2) is 6.20 Å². The molecule has 0 radical (unpaired) electrons. The Balaban J connectivity index is 1.78. The molecule has 0 aromatic carbocycles. The van der Waals surface area contributed by atoms with Crippen LogP contribution in [0.4, 0.5) is 11.8 Å². The number of aliphatic hydroxyl groups excluding tert-OH is 1. The Morgan fingerprint density at radius 2 is 2.08 bits per heavy atom. The number of primary amides is 1. The number of nitrogens with one attached hydrogen (secondary N) is 2. The molecule has 2 aliphatic carbocycles. The van der Waals surface area contributed by atoms with Crippen molar-refractivity contribution in [3.63, 3.8) is 0 Å². The van der Waals surface area contributed by atoms with Crippen molar-refractivity contribution >= 4 is 17.7 Å². The lowest BCUT2D eigenvalue weighted by molar-refractivity contribution is 0.100. The number of amides is 1. The van der Waals surface area contributed by atoms with E-state index in [0.717, 1.165) is 19.3 Å². The summed E-state index contributed by atoms with van der Waals surface area (Å²) in [6.07, 6.45) is 7.07. The lowest BCUT2D eigenvalue weighted by Gasteiger charge is -2.29. The van der Waals surface area contributed by atoms with Crippen molar-refractivity contribution in [2.75, 3.05) is 10.6 Å². The van der Waals surface area contributed by atoms with Crippen LogP contribution in [0, 0.1) is 5.92 Å². The van der Waals surface area contributed by atoms with Gasteiger partial charge in [-0.1, -0.05) is 0 Å². The number of hydrogen-bond donors (Lipinski definition) is 4. The molecule has 2 saturated carbocycles. The fraction of sp³-hybridized carbons (Fsp3) is 0.706. The summed E-state index contributed by atoms with van der Waals surface area (Å²) in [5, 5.41) is 16.4. The van der Waals surface area contributed by atoms with Crippen LogP contribution in [-0.4, -0.2) is 38.7 Å². The number of aliphatic hydroxyl groups is 1. The SMILES string of the molecule is CC(C)(Nc1nc(N[C@H]2CCC[C@H](O)C2)ncc1C(N)=O)C1CC1. The van der Waals surface area contributed by atoms with Crippen molar-refractivity contribution in [1.82, 2.24) is 9.97 Å². The second-order valence-corrected chi connectivity index (χ2v) is 7.60. The number of hydrogen-bond acceptors (Lipinski definition) is 6. The monoisotopic (exact) mass is 333 g/mol. The first kappa shape index (κ1) is 17.0. The third-order valence-electron chi connectivity index (χ3n) is 5.07. The van der Waals surface area contributed by atoms with E-state index in [1.807, 2.05) is 0 Å². The molecule has 1 aromatic rings. The van der Waals surface area contributed by atoms with Crippen molar-refractivity contribution in [2.24, 2.45) is 11.7 Å². The molecule has 1 heterocycles. The van der Waals surface area contributed by atoms with Gasteiger partial charge in [0.15, 0.2) is 0 Å². The van der Waals surface area contributed by atoms with E-state index in [0.29, 0.717) is 29.7 Å². The molecule has 2 fully saturated rings. The highest BCUT2D eigenvalue weighted by molar-refractivity contribution is 5.97. The molecule has 2 atom stereocenters. The molecule has 7 nitrogen and oxygen atoms in total. The average molecular weight is 333 g/mol. The van der Waals surface area contributed by atoms with Crippen molar-refractivity contribution in [3.05, 3.63) is 11.8 Å². The number of rotatable bonds is 6. The molecule has 24 heavy (non-hydrogen) atoms. The largest absolute Gasteiger partial charge is 0.393 e. The van der Waals surface area contributed by atoms with E-state index in [1.165, 1.54) is 19.0 Å². The molecular formula is C17H27N5O2. The molecule has 0 spiro atoms. The quantitative estimate of drug-likeness (QED) is 0.632. The molecule has 2 aliphatic rings. The van der Waals surface area contributed by atoms with E-state index >= 15 is 0 Å². The molecule has 7 heteroatoms. The molecular weight excluding hydrogens is 306 g/mol. The van der Waals surface area contributed by atoms with Crippen molar-refractivity contribution in [3.8, 4) is 0 Å². The van der Waals surface area contributed by atoms with Gasteiger partial charge in [-0.25, -0.2) is 4.98 Å². The van der Waals surface area contributed by atoms with E-state index in [9.17, 15) is 9.90 Å². The average Bonchev–Trinajstić information content (AvgIpc) is 3.31. The zero-order chi connectivity index (χ0) is 17.3. The van der Waals surface area contributed by atoms with Gasteiger partial charge in [0.05, 0.1) is 11.7 Å². The molecule has 3 rings (SSSR count). The highest BCUT2D eigenvalue weighted by atomic mass is 16.3. The Morgan fingerprint density at radius 1 is 1.33 bits per heavy atom. The van der Waals surface area contributed by atoms with Crippen LogP contribution in [0.1, 0.15) is 62.7 Å². The van der Waals surface area contributed by atoms with Gasteiger partial charge in [0, 0.05) is 17.8 Å². The minimum Gasteiger partial charge on any atom is -0.393 e. The minimum atomic E-state index is -0.538. The van der Waals surface area contributed by atoms with Gasteiger partial charge in [0.25, 0.3) is 5.91 Å². The topological polar surface area (TPSA) is 113 Å². The zero-order valence-corrected chi connectivity index (χ0v) is 14.4. The van der Waals surface area contributed by atoms with Gasteiger partial charge in [-0.05, 0) is 58.3 Å². The van der Waals surface area contributed by atoms with Crippen molar-refractivity contribution in [1.29, 1.82) is 0 Å². The molecule has 132 valence electrons. The number of aromatic nitrogens is 2. The summed E-state index contributed by atoms with van der Waals surface area (Å²) < 4.78 is 0. The van der Waals surface area contributed by atoms with Crippen LogP contribution >= 0.6 is 0 Å². The maximum atomic E-state index is 11.7. The molecule has 0 saturated heterocycles. The van der Waals surface area contributed by atoms with Gasteiger partial charge in [-0.15, -0.1) is 0 Å². The van der Waals surface area contributed by atoms with Crippen molar-refractivity contribution < 1.29 is 9.90 Å². The first-order valence-corrected chi connectivity index (χ1v) is 8.75. The fourth-order valence-electron chi connectivity index (χ4n) is 3.42. The maximum Gasteiger partial charge on any atom is 0.254 e. The predicted molar refractivity (Wildman–Crippen MR) is 92.9 cm³/mol. The van der Waals surface area contributed by atoms with E-state index in [4.69, 9.17) is 5.73 Å². The Bertz CT molecular complexity index is 615. The summed E-state index contributed by atoms with van der Waals surface area (Å²) in [5.74, 6) is 0.989. The highest BCUT2D eigenvalue weighted by Gasteiger charge is 2.38. The van der Waals surface area contributed by atoms with E-state index < -0.39 is 5.91 Å². The van der Waals surface area contributed by atoms with Crippen LogP contribution in [0.3, 0.4) is 0 Å². The van der Waals surface area contributed by atoms with Crippen LogP contribution in [0.25, 0.3) is 0 Å². The van der Waals surface area contributed by atoms with Crippen LogP contribution in [-0.2, 0) is 0 Å². The smallest absolute Gasteiger partial charge is 0.254 e. The second-order valence-electron chi connectivity index (χ2n) is 7.60. The van der Waals surface area contributed by atoms with E-state index in [1.54, 1.807) is 0 Å². The van der Waals surface area contributed by atoms with Crippen molar-refractivity contribution in [2.45, 2.75) is 70.1 Å². The molecule has 0 bridgehead atoms. The number of nitrogens with zero attached hydrogens (tertiary/aromatic N) is 2. The highest BCUT2D eigenvalue weighted by Crippen LogP contribution is 2.41. The third-order valence-corrected chi connectivity index (χ3v) is 5.07. The standard InChI is InChI=1S/C17H27N5O2/c1-17(2,10-6-7-10)22-15-13(14(18)24)9-19-16(21-15)20-11-4-3-5-12(23)8-11/h9-12,23H,3-8H2,1-2H3,(H2,18,24)(H2,19,20,21,22)/t11-,12-/m0/s1. The summed E-state index contributed by atoms with van der Waals surface area (Å²) >= 11 is 0. The molecule has 0 aliphatic heterocycles. The maximum absolute atomic E-state index is 11.7. The summed E-state index contributed by atoms with van der Waals surface area (Å²) in [6.45, 7) is 4.23. The fourth-order valence-corrected chi connectivity index (χ4v) is 3.42. The number of carbonyl (C=O) groups excluding carboxylic acids is 1. The first-order valence-electron chi connectivity index (χ1n) is 8.75. The normalized spacial score (nSPS) is 24.5. The van der Waals surface area contributed by atoms with Gasteiger partial charge in [0.2, 0.25) is 5.95 Å². The number of carbonyl (C=O) groups is 1. The minimum absolute atomic E-state index is 0.142. The van der Waals surface area contributed by atoms with Gasteiger partial charge in [-0.3, -0.25) is 4.79 Å². The lowest BCUT2D eigenvalue weighted by Crippen LogP contribution is -2.35. The van der Waals surface area contributed by atoms with Gasteiger partial charge < -0.3 is 21.5 Å². The first-order chi connectivity index (χ1) is 11.3. The number of nitrogens with two attached hydrogens (primary N) is 1. The van der Waals surface area contributed by atoms with Gasteiger partial charge in [-0.2, -0.15) is 4.98 Å². The van der Waals surface area contributed by atoms with Gasteiger partial charge in [0.1, 0.15) is 5.82 Å². The molecule has 1 aromatic heterocycles. The van der Waals surface area contributed by atoms with E-state index in [2.05, 4.69) is 34.4 Å². The lowest BCUT2D eigenvalue weighted by atomic mass is 9.93. The Labute approximate surface area is 142 Å². The molecule has 1 amide bonds. The van der Waals surface area contributed by atoms with Crippen LogP contribution in [0.5, 0.6) is 0 Å². The Morgan fingerprint density at radius 3 is 2.71 bits per heavy atom. The Kier molecular flexibility index (Phi) is 4.62.